The molecule has 0 atom stereocenters. The molecule has 6 heteroatoms. The minimum absolute atomic E-state index is 0.167. The van der Waals surface area contributed by atoms with Crippen molar-refractivity contribution in [3.05, 3.63) is 56.9 Å². The summed E-state index contributed by atoms with van der Waals surface area (Å²) in [5, 5.41) is 7.00. The van der Waals surface area contributed by atoms with Gasteiger partial charge >= 0.3 is 0 Å². The van der Waals surface area contributed by atoms with Crippen molar-refractivity contribution < 1.29 is 4.79 Å². The van der Waals surface area contributed by atoms with E-state index in [2.05, 4.69) is 49.5 Å². The lowest BCUT2D eigenvalue weighted by Gasteiger charge is -2.08. The average Bonchev–Trinajstić information content (AvgIpc) is 2.46. The molecule has 0 radical (unpaired) electrons. The van der Waals surface area contributed by atoms with Crippen molar-refractivity contribution in [2.24, 2.45) is 5.10 Å². The molecule has 22 heavy (non-hydrogen) atoms. The van der Waals surface area contributed by atoms with Crippen molar-refractivity contribution >= 4 is 40.4 Å². The van der Waals surface area contributed by atoms with E-state index in [1.54, 1.807) is 0 Å². The largest absolute Gasteiger partial charge is 0.376 e. The number of hydrogen-bond donors (Lipinski definition) is 2. The molecule has 1 heterocycles. The molecule has 0 unspecified atom stereocenters. The van der Waals surface area contributed by atoms with Gasteiger partial charge in [-0.2, -0.15) is 5.10 Å². The number of aryl methyl sites for hydroxylation is 2. The summed E-state index contributed by atoms with van der Waals surface area (Å²) in [4.78, 5) is 16.0. The summed E-state index contributed by atoms with van der Waals surface area (Å²) < 4.78 is 1.17. The number of hydrazone groups is 1. The SMILES string of the molecule is Cc1cccc(/C=N/NC(=O)CNc2ccc(I)cc2C)n1. The maximum absolute atomic E-state index is 11.7. The highest BCUT2D eigenvalue weighted by Crippen LogP contribution is 2.17. The Bertz CT molecular complexity index is 700. The molecule has 0 bridgehead atoms. The number of hydrogen-bond acceptors (Lipinski definition) is 4. The maximum Gasteiger partial charge on any atom is 0.259 e. The summed E-state index contributed by atoms with van der Waals surface area (Å²) in [6.45, 7) is 4.08. The lowest BCUT2D eigenvalue weighted by molar-refractivity contribution is -0.119. The predicted octanol–water partition coefficient (Wildman–Crippen LogP) is 2.87. The number of carbonyl (C=O) groups is 1. The lowest BCUT2D eigenvalue weighted by atomic mass is 10.2. The van der Waals surface area contributed by atoms with Crippen molar-refractivity contribution in [1.29, 1.82) is 0 Å². The van der Waals surface area contributed by atoms with Gasteiger partial charge in [0.25, 0.3) is 5.91 Å². The van der Waals surface area contributed by atoms with Gasteiger partial charge in [0, 0.05) is 15.0 Å². The first kappa shape index (κ1) is 16.4. The van der Waals surface area contributed by atoms with Crippen LogP contribution in [0.3, 0.4) is 0 Å². The smallest absolute Gasteiger partial charge is 0.259 e. The summed E-state index contributed by atoms with van der Waals surface area (Å²) in [6, 6.07) is 11.6. The third-order valence-corrected chi connectivity index (χ3v) is 3.59. The van der Waals surface area contributed by atoms with E-state index in [0.29, 0.717) is 5.69 Å². The van der Waals surface area contributed by atoms with Gasteiger partial charge in [-0.15, -0.1) is 0 Å². The third kappa shape index (κ3) is 5.10. The Labute approximate surface area is 143 Å². The van der Waals surface area contributed by atoms with E-state index in [1.807, 2.05) is 44.2 Å². The Morgan fingerprint density at radius 1 is 1.32 bits per heavy atom. The van der Waals surface area contributed by atoms with Crippen molar-refractivity contribution in [2.45, 2.75) is 13.8 Å². The molecule has 1 aromatic carbocycles. The van der Waals surface area contributed by atoms with Gasteiger partial charge in [-0.05, 0) is 72.3 Å². The van der Waals surface area contributed by atoms with Gasteiger partial charge in [0.05, 0.1) is 18.5 Å². The number of amides is 1. The van der Waals surface area contributed by atoms with Crippen molar-refractivity contribution in [3.8, 4) is 0 Å². The molecule has 1 amide bonds. The number of anilines is 1. The Hall–Kier alpha value is -1.96. The van der Waals surface area contributed by atoms with E-state index in [1.165, 1.54) is 9.78 Å². The zero-order chi connectivity index (χ0) is 15.9. The Kier molecular flexibility index (Phi) is 5.88. The molecule has 5 nitrogen and oxygen atoms in total. The van der Waals surface area contributed by atoms with E-state index < -0.39 is 0 Å². The number of nitrogens with zero attached hydrogens (tertiary/aromatic N) is 2. The Morgan fingerprint density at radius 2 is 2.14 bits per heavy atom. The van der Waals surface area contributed by atoms with Gasteiger partial charge in [-0.25, -0.2) is 5.43 Å². The standard InChI is InChI=1S/C16H17IN4O/c1-11-8-13(17)6-7-15(11)18-10-16(22)21-19-9-14-5-3-4-12(2)20-14/h3-9,18H,10H2,1-2H3,(H,21,22)/b19-9+. The second-order valence-corrected chi connectivity index (χ2v) is 6.06. The van der Waals surface area contributed by atoms with E-state index >= 15 is 0 Å². The van der Waals surface area contributed by atoms with Crippen LogP contribution in [0.4, 0.5) is 5.69 Å². The normalized spacial score (nSPS) is 10.7. The van der Waals surface area contributed by atoms with Crippen LogP contribution >= 0.6 is 22.6 Å². The number of rotatable bonds is 5. The van der Waals surface area contributed by atoms with Crippen molar-refractivity contribution in [2.75, 3.05) is 11.9 Å². The molecule has 2 aromatic rings. The highest BCUT2D eigenvalue weighted by Gasteiger charge is 2.02. The first-order valence-corrected chi connectivity index (χ1v) is 7.88. The van der Waals surface area contributed by atoms with Gasteiger partial charge in [0.2, 0.25) is 0 Å². The number of benzene rings is 1. The fraction of sp³-hybridized carbons (Fsp3) is 0.188. The number of carbonyl (C=O) groups excluding carboxylic acids is 1. The number of pyridine rings is 1. The predicted molar refractivity (Wildman–Crippen MR) is 97.1 cm³/mol. The van der Waals surface area contributed by atoms with E-state index in [-0.39, 0.29) is 12.5 Å². The topological polar surface area (TPSA) is 66.4 Å². The van der Waals surface area contributed by atoms with Gasteiger partial charge in [-0.1, -0.05) is 6.07 Å². The second kappa shape index (κ2) is 7.88. The molecule has 0 aliphatic carbocycles. The third-order valence-electron chi connectivity index (χ3n) is 2.92. The molecule has 2 N–H and O–H groups in total. The van der Waals surface area contributed by atoms with Gasteiger partial charge < -0.3 is 5.32 Å². The van der Waals surface area contributed by atoms with Gasteiger partial charge in [-0.3, -0.25) is 9.78 Å². The summed E-state index contributed by atoms with van der Waals surface area (Å²) in [5.41, 5.74) is 6.14. The Balaban J connectivity index is 1.83. The lowest BCUT2D eigenvalue weighted by Crippen LogP contribution is -2.26. The minimum Gasteiger partial charge on any atom is -0.376 e. The van der Waals surface area contributed by atoms with Crippen LogP contribution in [0, 0.1) is 17.4 Å². The van der Waals surface area contributed by atoms with E-state index in [0.717, 1.165) is 16.9 Å². The molecule has 114 valence electrons. The van der Waals surface area contributed by atoms with Crippen LogP contribution < -0.4 is 10.7 Å². The number of nitrogens with one attached hydrogen (secondary N) is 2. The van der Waals surface area contributed by atoms with Crippen molar-refractivity contribution in [3.63, 3.8) is 0 Å². The monoisotopic (exact) mass is 408 g/mol. The summed E-state index contributed by atoms with van der Waals surface area (Å²) >= 11 is 2.26. The molecule has 0 spiro atoms. The van der Waals surface area contributed by atoms with Crippen LogP contribution in [0.5, 0.6) is 0 Å². The fourth-order valence-corrected chi connectivity index (χ4v) is 2.49. The average molecular weight is 408 g/mol. The highest BCUT2D eigenvalue weighted by atomic mass is 127. The van der Waals surface area contributed by atoms with Crippen LogP contribution in [-0.2, 0) is 4.79 Å². The van der Waals surface area contributed by atoms with E-state index in [9.17, 15) is 4.79 Å². The second-order valence-electron chi connectivity index (χ2n) is 4.81. The molecule has 2 rings (SSSR count). The quantitative estimate of drug-likeness (QED) is 0.454. The maximum atomic E-state index is 11.7. The van der Waals surface area contributed by atoms with Crippen LogP contribution in [0.15, 0.2) is 41.5 Å². The molecule has 0 aliphatic heterocycles. The van der Waals surface area contributed by atoms with Crippen molar-refractivity contribution in [1.82, 2.24) is 10.4 Å². The van der Waals surface area contributed by atoms with Crippen LogP contribution in [0.1, 0.15) is 17.0 Å². The van der Waals surface area contributed by atoms with Gasteiger partial charge in [0.1, 0.15) is 0 Å². The number of halogens is 1. The highest BCUT2D eigenvalue weighted by molar-refractivity contribution is 14.1. The zero-order valence-electron chi connectivity index (χ0n) is 12.4. The molecule has 1 aromatic heterocycles. The Morgan fingerprint density at radius 3 is 2.86 bits per heavy atom. The molecular formula is C16H17IN4O. The summed E-state index contributed by atoms with van der Waals surface area (Å²) in [7, 11) is 0. The summed E-state index contributed by atoms with van der Waals surface area (Å²) in [6.07, 6.45) is 1.53. The first-order valence-electron chi connectivity index (χ1n) is 6.80. The van der Waals surface area contributed by atoms with E-state index in [4.69, 9.17) is 0 Å². The molecule has 0 saturated heterocycles. The first-order chi connectivity index (χ1) is 10.5. The molecule has 0 aliphatic rings. The number of aromatic nitrogens is 1. The molecular weight excluding hydrogens is 391 g/mol. The van der Waals surface area contributed by atoms with Crippen LogP contribution in [-0.4, -0.2) is 23.7 Å². The van der Waals surface area contributed by atoms with Crippen LogP contribution in [0.2, 0.25) is 0 Å². The van der Waals surface area contributed by atoms with Gasteiger partial charge in [0.15, 0.2) is 0 Å². The van der Waals surface area contributed by atoms with Crippen LogP contribution in [0.25, 0.3) is 0 Å². The summed E-state index contributed by atoms with van der Waals surface area (Å²) in [5.74, 6) is -0.207. The zero-order valence-corrected chi connectivity index (χ0v) is 14.6. The molecule has 0 saturated carbocycles. The molecule has 0 fully saturated rings. The minimum atomic E-state index is -0.207. The fourth-order valence-electron chi connectivity index (χ4n) is 1.85.